The van der Waals surface area contributed by atoms with E-state index in [9.17, 15) is 4.79 Å². The van der Waals surface area contributed by atoms with Crippen LogP contribution in [-0.4, -0.2) is 49.1 Å². The fourth-order valence-electron chi connectivity index (χ4n) is 3.70. The summed E-state index contributed by atoms with van der Waals surface area (Å²) in [5.74, 6) is -0.100. The summed E-state index contributed by atoms with van der Waals surface area (Å²) in [7, 11) is 1.65. The molecule has 144 valence electrons. The Morgan fingerprint density at radius 2 is 1.96 bits per heavy atom. The normalized spacial score (nSPS) is 17.5. The number of nitrogens with zero attached hydrogens (tertiary/aromatic N) is 2. The number of carbonyl (C=O) groups excluding carboxylic acids is 1. The summed E-state index contributed by atoms with van der Waals surface area (Å²) >= 11 is 0. The molecular formula is C23H25N3O2. The zero-order chi connectivity index (χ0) is 19.3. The summed E-state index contributed by atoms with van der Waals surface area (Å²) in [5.41, 5.74) is 3.63. The van der Waals surface area contributed by atoms with Gasteiger partial charge in [0.2, 0.25) is 0 Å². The quantitative estimate of drug-likeness (QED) is 0.744. The van der Waals surface area contributed by atoms with Crippen molar-refractivity contribution >= 4 is 16.8 Å². The molecule has 5 nitrogen and oxygen atoms in total. The van der Waals surface area contributed by atoms with E-state index in [0.29, 0.717) is 12.2 Å². The Hall–Kier alpha value is -2.76. The van der Waals surface area contributed by atoms with Gasteiger partial charge in [-0.1, -0.05) is 48.5 Å². The molecule has 3 aromatic rings. The number of aromatic nitrogens is 1. The second-order valence-electron chi connectivity index (χ2n) is 7.09. The monoisotopic (exact) mass is 375 g/mol. The summed E-state index contributed by atoms with van der Waals surface area (Å²) < 4.78 is 6.03. The third kappa shape index (κ3) is 4.06. The molecule has 0 saturated carbocycles. The fraction of sp³-hybridized carbons (Fsp3) is 0.304. The second-order valence-corrected chi connectivity index (χ2v) is 7.09. The van der Waals surface area contributed by atoms with Gasteiger partial charge < -0.3 is 10.1 Å². The minimum Gasteiger partial charge on any atom is -0.369 e. The highest BCUT2D eigenvalue weighted by atomic mass is 16.5. The number of amides is 1. The third-order valence-corrected chi connectivity index (χ3v) is 5.25. The molecule has 1 aliphatic heterocycles. The van der Waals surface area contributed by atoms with Gasteiger partial charge in [-0.05, 0) is 24.1 Å². The highest BCUT2D eigenvalue weighted by Crippen LogP contribution is 2.26. The van der Waals surface area contributed by atoms with Gasteiger partial charge in [-0.25, -0.2) is 4.98 Å². The maximum atomic E-state index is 12.4. The van der Waals surface area contributed by atoms with E-state index in [0.717, 1.165) is 42.7 Å². The Balaban J connectivity index is 1.54. The van der Waals surface area contributed by atoms with Crippen LogP contribution < -0.4 is 5.32 Å². The van der Waals surface area contributed by atoms with Crippen molar-refractivity contribution in [3.05, 3.63) is 77.5 Å². The Morgan fingerprint density at radius 1 is 1.18 bits per heavy atom. The first kappa shape index (κ1) is 18.6. The molecular weight excluding hydrogens is 350 g/mol. The van der Waals surface area contributed by atoms with Gasteiger partial charge in [0.05, 0.1) is 23.4 Å². The summed E-state index contributed by atoms with van der Waals surface area (Å²) in [4.78, 5) is 19.6. The molecule has 0 bridgehead atoms. The molecule has 1 amide bonds. The van der Waals surface area contributed by atoms with Crippen molar-refractivity contribution in [1.29, 1.82) is 0 Å². The molecule has 0 aliphatic carbocycles. The van der Waals surface area contributed by atoms with Crippen molar-refractivity contribution in [2.24, 2.45) is 0 Å². The van der Waals surface area contributed by atoms with E-state index in [1.54, 1.807) is 7.05 Å². The van der Waals surface area contributed by atoms with Gasteiger partial charge in [0.15, 0.2) is 0 Å². The molecule has 1 aliphatic rings. The predicted molar refractivity (Wildman–Crippen MR) is 110 cm³/mol. The van der Waals surface area contributed by atoms with E-state index >= 15 is 0 Å². The Kier molecular flexibility index (Phi) is 5.65. The van der Waals surface area contributed by atoms with Crippen LogP contribution in [0.2, 0.25) is 0 Å². The number of morpholine rings is 1. The van der Waals surface area contributed by atoms with Crippen molar-refractivity contribution in [3.63, 3.8) is 0 Å². The predicted octanol–water partition coefficient (Wildman–Crippen LogP) is 3.21. The first-order valence-electron chi connectivity index (χ1n) is 9.74. The average molecular weight is 375 g/mol. The van der Waals surface area contributed by atoms with Crippen LogP contribution in [0.3, 0.4) is 0 Å². The lowest BCUT2D eigenvalue weighted by atomic mass is 10.0. The van der Waals surface area contributed by atoms with Gasteiger partial charge in [0, 0.05) is 32.1 Å². The number of nitrogens with one attached hydrogen (secondary N) is 1. The molecule has 1 atom stereocenters. The number of hydrogen-bond donors (Lipinski definition) is 1. The molecule has 0 unspecified atom stereocenters. The van der Waals surface area contributed by atoms with Crippen molar-refractivity contribution in [3.8, 4) is 0 Å². The van der Waals surface area contributed by atoms with Crippen molar-refractivity contribution in [2.75, 3.05) is 33.3 Å². The Bertz CT molecular complexity index is 958. The van der Waals surface area contributed by atoms with Gasteiger partial charge in [-0.15, -0.1) is 0 Å². The van der Waals surface area contributed by atoms with Crippen LogP contribution in [-0.2, 0) is 11.2 Å². The highest BCUT2D eigenvalue weighted by Gasteiger charge is 2.24. The van der Waals surface area contributed by atoms with Crippen LogP contribution in [0.1, 0.15) is 27.7 Å². The number of pyridine rings is 1. The molecule has 1 saturated heterocycles. The summed E-state index contributed by atoms with van der Waals surface area (Å²) in [6.07, 6.45) is 0.889. The maximum Gasteiger partial charge on any atom is 0.251 e. The molecule has 4 rings (SSSR count). The average Bonchev–Trinajstić information content (AvgIpc) is 2.77. The fourth-order valence-corrected chi connectivity index (χ4v) is 3.70. The molecule has 0 radical (unpaired) electrons. The first-order chi connectivity index (χ1) is 13.7. The van der Waals surface area contributed by atoms with Crippen LogP contribution in [0.15, 0.2) is 60.7 Å². The van der Waals surface area contributed by atoms with Gasteiger partial charge in [-0.2, -0.15) is 0 Å². The lowest BCUT2D eigenvalue weighted by Crippen LogP contribution is -2.39. The first-order valence-corrected chi connectivity index (χ1v) is 9.74. The molecule has 28 heavy (non-hydrogen) atoms. The molecule has 1 aromatic heterocycles. The lowest BCUT2D eigenvalue weighted by Gasteiger charge is -2.33. The van der Waals surface area contributed by atoms with Crippen molar-refractivity contribution < 1.29 is 9.53 Å². The molecule has 2 heterocycles. The van der Waals surface area contributed by atoms with E-state index in [1.807, 2.05) is 36.4 Å². The van der Waals surface area contributed by atoms with Crippen LogP contribution in [0.5, 0.6) is 0 Å². The van der Waals surface area contributed by atoms with Gasteiger partial charge in [0.1, 0.15) is 6.10 Å². The topological polar surface area (TPSA) is 54.5 Å². The molecule has 2 aromatic carbocycles. The SMILES string of the molecule is CNC(=O)c1cc([C@@H]2CN(CCc3ccccc3)CCO2)nc2ccccc12. The number of ether oxygens (including phenoxy) is 1. The summed E-state index contributed by atoms with van der Waals surface area (Å²) in [5, 5.41) is 3.60. The van der Waals surface area contributed by atoms with Crippen molar-refractivity contribution in [2.45, 2.75) is 12.5 Å². The largest absolute Gasteiger partial charge is 0.369 e. The van der Waals surface area contributed by atoms with E-state index in [4.69, 9.17) is 9.72 Å². The Labute approximate surface area is 165 Å². The molecule has 0 spiro atoms. The number of hydrogen-bond acceptors (Lipinski definition) is 4. The number of carbonyl (C=O) groups is 1. The van der Waals surface area contributed by atoms with E-state index in [1.165, 1.54) is 5.56 Å². The van der Waals surface area contributed by atoms with Gasteiger partial charge >= 0.3 is 0 Å². The third-order valence-electron chi connectivity index (χ3n) is 5.25. The highest BCUT2D eigenvalue weighted by molar-refractivity contribution is 6.06. The summed E-state index contributed by atoms with van der Waals surface area (Å²) in [6, 6.07) is 20.2. The number of para-hydroxylation sites is 1. The second kappa shape index (κ2) is 8.50. The van der Waals surface area contributed by atoms with E-state index < -0.39 is 0 Å². The van der Waals surface area contributed by atoms with Gasteiger partial charge in [0.25, 0.3) is 5.91 Å². The minimum absolute atomic E-state index is 0.100. The van der Waals surface area contributed by atoms with Crippen LogP contribution in [0, 0.1) is 0 Å². The van der Waals surface area contributed by atoms with Crippen LogP contribution >= 0.6 is 0 Å². The number of benzene rings is 2. The minimum atomic E-state index is -0.127. The molecule has 1 N–H and O–H groups in total. The number of fused-ring (bicyclic) bond motifs is 1. The number of rotatable bonds is 5. The van der Waals surface area contributed by atoms with E-state index in [-0.39, 0.29) is 12.0 Å². The van der Waals surface area contributed by atoms with Crippen molar-refractivity contribution in [1.82, 2.24) is 15.2 Å². The molecule has 5 heteroatoms. The standard InChI is InChI=1S/C23H25N3O2/c1-24-23(27)19-15-21(25-20-10-6-5-9-18(19)20)22-16-26(13-14-28-22)12-11-17-7-3-2-4-8-17/h2-10,15,22H,11-14,16H2,1H3,(H,24,27)/t22-/m0/s1. The zero-order valence-electron chi connectivity index (χ0n) is 16.1. The Morgan fingerprint density at radius 3 is 2.79 bits per heavy atom. The van der Waals surface area contributed by atoms with E-state index in [2.05, 4.69) is 34.5 Å². The lowest BCUT2D eigenvalue weighted by molar-refractivity contribution is -0.0315. The smallest absolute Gasteiger partial charge is 0.251 e. The van der Waals surface area contributed by atoms with Crippen LogP contribution in [0.4, 0.5) is 0 Å². The maximum absolute atomic E-state index is 12.4. The van der Waals surface area contributed by atoms with Crippen LogP contribution in [0.25, 0.3) is 10.9 Å². The summed E-state index contributed by atoms with van der Waals surface area (Å²) in [6.45, 7) is 3.35. The van der Waals surface area contributed by atoms with Gasteiger partial charge in [-0.3, -0.25) is 9.69 Å². The molecule has 1 fully saturated rings. The zero-order valence-corrected chi connectivity index (χ0v) is 16.1.